The Morgan fingerprint density at radius 2 is 2.29 bits per heavy atom. The number of hydrogen-bond donors (Lipinski definition) is 0. The molecular formula is C15H17N3O3. The third-order valence-electron chi connectivity index (χ3n) is 3.67. The Morgan fingerprint density at radius 1 is 1.38 bits per heavy atom. The highest BCUT2D eigenvalue weighted by molar-refractivity contribution is 5.90. The number of aromatic nitrogens is 2. The maximum absolute atomic E-state index is 12.0. The molecule has 1 aliphatic heterocycles. The number of nitrogens with zero attached hydrogens (tertiary/aromatic N) is 3. The lowest BCUT2D eigenvalue weighted by Crippen LogP contribution is -2.37. The van der Waals surface area contributed by atoms with Crippen LogP contribution in [0, 0.1) is 0 Å². The van der Waals surface area contributed by atoms with Gasteiger partial charge in [0.2, 0.25) is 5.91 Å². The van der Waals surface area contributed by atoms with Crippen LogP contribution in [0.15, 0.2) is 30.9 Å². The van der Waals surface area contributed by atoms with Crippen molar-refractivity contribution in [2.24, 2.45) is 0 Å². The predicted molar refractivity (Wildman–Crippen MR) is 75.9 cm³/mol. The average Bonchev–Trinajstić information content (AvgIpc) is 2.96. The fraction of sp³-hybridized carbons (Fsp3) is 0.400. The van der Waals surface area contributed by atoms with Gasteiger partial charge in [0.1, 0.15) is 6.61 Å². The molecule has 3 heterocycles. The summed E-state index contributed by atoms with van der Waals surface area (Å²) in [5, 5.41) is 0. The molecule has 6 heteroatoms. The number of carbonyl (C=O) groups excluding carboxylic acids is 2. The Morgan fingerprint density at radius 3 is 3.14 bits per heavy atom. The SMILES string of the molecule is O=C(OCCN1CCCCC1=O)c1ccn2cncc2c1. The van der Waals surface area contributed by atoms with Gasteiger partial charge in [-0.2, -0.15) is 0 Å². The van der Waals surface area contributed by atoms with Crippen molar-refractivity contribution in [2.75, 3.05) is 19.7 Å². The number of ether oxygens (including phenoxy) is 1. The van der Waals surface area contributed by atoms with E-state index in [-0.39, 0.29) is 18.5 Å². The number of rotatable bonds is 4. The maximum atomic E-state index is 12.0. The molecule has 1 aliphatic rings. The number of likely N-dealkylation sites (tertiary alicyclic amines) is 1. The first-order chi connectivity index (χ1) is 10.2. The van der Waals surface area contributed by atoms with E-state index in [0.717, 1.165) is 24.9 Å². The normalized spacial score (nSPS) is 15.4. The standard InChI is InChI=1S/C15H17N3O3/c19-14-3-1-2-5-17(14)7-8-21-15(20)12-4-6-18-11-16-10-13(18)9-12/h4,6,9-11H,1-3,5,7-8H2. The molecule has 0 aromatic carbocycles. The molecule has 0 saturated carbocycles. The zero-order chi connectivity index (χ0) is 14.7. The first-order valence-electron chi connectivity index (χ1n) is 7.11. The summed E-state index contributed by atoms with van der Waals surface area (Å²) in [5.41, 5.74) is 1.34. The predicted octanol–water partition coefficient (Wildman–Crippen LogP) is 1.50. The minimum absolute atomic E-state index is 0.151. The van der Waals surface area contributed by atoms with Gasteiger partial charge in [-0.3, -0.25) is 4.79 Å². The van der Waals surface area contributed by atoms with Gasteiger partial charge in [0.05, 0.1) is 30.1 Å². The molecule has 0 spiro atoms. The van der Waals surface area contributed by atoms with Crippen molar-refractivity contribution in [3.8, 4) is 0 Å². The maximum Gasteiger partial charge on any atom is 0.338 e. The zero-order valence-electron chi connectivity index (χ0n) is 11.7. The summed E-state index contributed by atoms with van der Waals surface area (Å²) in [4.78, 5) is 29.4. The van der Waals surface area contributed by atoms with Crippen LogP contribution >= 0.6 is 0 Å². The molecule has 3 rings (SSSR count). The van der Waals surface area contributed by atoms with Crippen molar-refractivity contribution < 1.29 is 14.3 Å². The third-order valence-corrected chi connectivity index (χ3v) is 3.67. The molecule has 1 fully saturated rings. The molecule has 1 saturated heterocycles. The molecule has 110 valence electrons. The van der Waals surface area contributed by atoms with Crippen LogP contribution in [0.5, 0.6) is 0 Å². The van der Waals surface area contributed by atoms with Gasteiger partial charge >= 0.3 is 5.97 Å². The van der Waals surface area contributed by atoms with E-state index in [1.54, 1.807) is 35.8 Å². The van der Waals surface area contributed by atoms with Crippen LogP contribution in [-0.2, 0) is 9.53 Å². The van der Waals surface area contributed by atoms with Crippen molar-refractivity contribution >= 4 is 17.4 Å². The van der Waals surface area contributed by atoms with Gasteiger partial charge in [-0.1, -0.05) is 0 Å². The molecule has 0 radical (unpaired) electrons. The number of fused-ring (bicyclic) bond motifs is 1. The Bertz CT molecular complexity index is 665. The van der Waals surface area contributed by atoms with Crippen LogP contribution in [0.3, 0.4) is 0 Å². The summed E-state index contributed by atoms with van der Waals surface area (Å²) in [5.74, 6) is -0.221. The summed E-state index contributed by atoms with van der Waals surface area (Å²) in [6.45, 7) is 1.46. The summed E-state index contributed by atoms with van der Waals surface area (Å²) in [7, 11) is 0. The second kappa shape index (κ2) is 5.95. The van der Waals surface area contributed by atoms with Crippen molar-refractivity contribution in [1.29, 1.82) is 0 Å². The van der Waals surface area contributed by atoms with Gasteiger partial charge in [-0.25, -0.2) is 9.78 Å². The molecule has 1 amide bonds. The van der Waals surface area contributed by atoms with E-state index in [1.165, 1.54) is 0 Å². The summed E-state index contributed by atoms with van der Waals surface area (Å²) >= 11 is 0. The zero-order valence-corrected chi connectivity index (χ0v) is 11.7. The lowest BCUT2D eigenvalue weighted by Gasteiger charge is -2.26. The Labute approximate surface area is 122 Å². The fourth-order valence-corrected chi connectivity index (χ4v) is 2.48. The van der Waals surface area contributed by atoms with Gasteiger partial charge in [0, 0.05) is 19.2 Å². The molecule has 0 unspecified atom stereocenters. The summed E-state index contributed by atoms with van der Waals surface area (Å²) < 4.78 is 7.06. The Balaban J connectivity index is 1.54. The highest BCUT2D eigenvalue weighted by Crippen LogP contribution is 2.11. The molecule has 2 aromatic rings. The molecule has 0 aliphatic carbocycles. The number of carbonyl (C=O) groups is 2. The van der Waals surface area contributed by atoms with Gasteiger partial charge in [0.15, 0.2) is 0 Å². The lowest BCUT2D eigenvalue weighted by atomic mass is 10.1. The number of hydrogen-bond acceptors (Lipinski definition) is 4. The minimum atomic E-state index is -0.372. The number of esters is 1. The molecule has 2 aromatic heterocycles. The van der Waals surface area contributed by atoms with Crippen LogP contribution in [0.2, 0.25) is 0 Å². The quantitative estimate of drug-likeness (QED) is 0.799. The van der Waals surface area contributed by atoms with E-state index in [1.807, 2.05) is 4.40 Å². The molecule has 21 heavy (non-hydrogen) atoms. The second-order valence-corrected chi connectivity index (χ2v) is 5.12. The minimum Gasteiger partial charge on any atom is -0.460 e. The number of pyridine rings is 1. The van der Waals surface area contributed by atoms with E-state index < -0.39 is 0 Å². The van der Waals surface area contributed by atoms with Gasteiger partial charge < -0.3 is 14.0 Å². The van der Waals surface area contributed by atoms with Gasteiger partial charge in [-0.15, -0.1) is 0 Å². The Kier molecular flexibility index (Phi) is 3.85. The topological polar surface area (TPSA) is 63.9 Å². The number of amides is 1. The molecule has 0 N–H and O–H groups in total. The highest BCUT2D eigenvalue weighted by Gasteiger charge is 2.18. The molecule has 0 bridgehead atoms. The van der Waals surface area contributed by atoms with Crippen LogP contribution in [0.1, 0.15) is 29.6 Å². The van der Waals surface area contributed by atoms with Crippen molar-refractivity contribution in [3.63, 3.8) is 0 Å². The van der Waals surface area contributed by atoms with E-state index in [4.69, 9.17) is 4.74 Å². The monoisotopic (exact) mass is 287 g/mol. The van der Waals surface area contributed by atoms with Gasteiger partial charge in [0.25, 0.3) is 0 Å². The van der Waals surface area contributed by atoms with E-state index in [2.05, 4.69) is 4.98 Å². The first-order valence-corrected chi connectivity index (χ1v) is 7.11. The van der Waals surface area contributed by atoms with Gasteiger partial charge in [-0.05, 0) is 25.0 Å². The fourth-order valence-electron chi connectivity index (χ4n) is 2.48. The van der Waals surface area contributed by atoms with Crippen molar-refractivity contribution in [1.82, 2.24) is 14.3 Å². The Hall–Kier alpha value is -2.37. The largest absolute Gasteiger partial charge is 0.460 e. The first kappa shape index (κ1) is 13.6. The van der Waals surface area contributed by atoms with Crippen molar-refractivity contribution in [3.05, 3.63) is 36.4 Å². The molecule has 0 atom stereocenters. The van der Waals surface area contributed by atoms with E-state index >= 15 is 0 Å². The number of imidazole rings is 1. The van der Waals surface area contributed by atoms with E-state index in [0.29, 0.717) is 18.5 Å². The highest BCUT2D eigenvalue weighted by atomic mass is 16.5. The smallest absolute Gasteiger partial charge is 0.338 e. The summed E-state index contributed by atoms with van der Waals surface area (Å²) in [6.07, 6.45) is 7.71. The number of piperidine rings is 1. The third kappa shape index (κ3) is 3.04. The average molecular weight is 287 g/mol. The van der Waals surface area contributed by atoms with Crippen LogP contribution in [0.4, 0.5) is 0 Å². The van der Waals surface area contributed by atoms with E-state index in [9.17, 15) is 9.59 Å². The van der Waals surface area contributed by atoms with Crippen LogP contribution < -0.4 is 0 Å². The van der Waals surface area contributed by atoms with Crippen LogP contribution in [-0.4, -0.2) is 45.9 Å². The molecule has 6 nitrogen and oxygen atoms in total. The van der Waals surface area contributed by atoms with Crippen molar-refractivity contribution in [2.45, 2.75) is 19.3 Å². The summed E-state index contributed by atoms with van der Waals surface area (Å²) in [6, 6.07) is 3.43. The van der Waals surface area contributed by atoms with Crippen LogP contribution in [0.25, 0.3) is 5.52 Å². The second-order valence-electron chi connectivity index (χ2n) is 5.12. The molecular weight excluding hydrogens is 270 g/mol. The lowest BCUT2D eigenvalue weighted by molar-refractivity contribution is -0.133.